The minimum absolute atomic E-state index is 0.484. The van der Waals surface area contributed by atoms with Crippen molar-refractivity contribution in [2.75, 3.05) is 6.61 Å². The molecule has 0 bridgehead atoms. The molecule has 1 heterocycles. The molecule has 0 unspecified atom stereocenters. The monoisotopic (exact) mass is 569 g/mol. The highest BCUT2D eigenvalue weighted by Crippen LogP contribution is 2.31. The summed E-state index contributed by atoms with van der Waals surface area (Å²) in [4.78, 5) is 7.82. The van der Waals surface area contributed by atoms with Gasteiger partial charge in [-0.15, -0.1) is 0 Å². The molecule has 6 heteroatoms. The Kier molecular flexibility index (Phi) is 6.19. The van der Waals surface area contributed by atoms with Crippen LogP contribution in [0.15, 0.2) is 30.3 Å². The van der Waals surface area contributed by atoms with E-state index in [0.29, 0.717) is 18.0 Å². The van der Waals surface area contributed by atoms with E-state index >= 15 is 0 Å². The number of ether oxygens (including phenoxy) is 1. The molecule has 0 aliphatic heterocycles. The van der Waals surface area contributed by atoms with Gasteiger partial charge in [-0.3, -0.25) is 0 Å². The second kappa shape index (κ2) is 8.39. The maximum atomic E-state index is 9.70. The standard InChI is InChI=1S/C20H17I2N3O/c1-3-6-26-19-13(9-15(21)10-16(19)22)8-14(11-23)20-24-17-5-4-12(2)7-18(17)25-20/h4-5,7-10H,3,6H2,1-2H3,(H,24,25)/b14-8-. The van der Waals surface area contributed by atoms with Crippen LogP contribution in [0.4, 0.5) is 0 Å². The number of aromatic nitrogens is 2. The SMILES string of the molecule is CCCOc1c(I)cc(I)cc1/C=C(/C#N)c1nc2ccc(C)cc2[nH]1. The maximum Gasteiger partial charge on any atom is 0.149 e. The summed E-state index contributed by atoms with van der Waals surface area (Å²) in [6.07, 6.45) is 2.78. The van der Waals surface area contributed by atoms with Gasteiger partial charge in [-0.25, -0.2) is 4.98 Å². The van der Waals surface area contributed by atoms with E-state index in [1.54, 1.807) is 0 Å². The van der Waals surface area contributed by atoms with Crippen molar-refractivity contribution < 1.29 is 4.74 Å². The minimum Gasteiger partial charge on any atom is -0.492 e. The molecular formula is C20H17I2N3O. The molecule has 0 amide bonds. The number of benzene rings is 2. The van der Waals surface area contributed by atoms with Gasteiger partial charge in [-0.1, -0.05) is 13.0 Å². The van der Waals surface area contributed by atoms with Crippen molar-refractivity contribution in [1.82, 2.24) is 9.97 Å². The first-order valence-electron chi connectivity index (χ1n) is 8.22. The maximum absolute atomic E-state index is 9.70. The summed E-state index contributed by atoms with van der Waals surface area (Å²) in [6, 6.07) is 12.4. The van der Waals surface area contributed by atoms with Gasteiger partial charge < -0.3 is 9.72 Å². The van der Waals surface area contributed by atoms with E-state index in [9.17, 15) is 5.26 Å². The van der Waals surface area contributed by atoms with Crippen LogP contribution >= 0.6 is 45.2 Å². The first-order chi connectivity index (χ1) is 12.5. The number of fused-ring (bicyclic) bond motifs is 1. The van der Waals surface area contributed by atoms with E-state index in [4.69, 9.17) is 4.74 Å². The molecule has 0 saturated carbocycles. The highest BCUT2D eigenvalue weighted by molar-refractivity contribution is 14.1. The molecule has 0 atom stereocenters. The topological polar surface area (TPSA) is 61.7 Å². The second-order valence-corrected chi connectivity index (χ2v) is 8.34. The highest BCUT2D eigenvalue weighted by Gasteiger charge is 2.13. The number of imidazole rings is 1. The Morgan fingerprint density at radius 3 is 2.85 bits per heavy atom. The molecule has 3 aromatic rings. The Hall–Kier alpha value is -1.60. The summed E-state index contributed by atoms with van der Waals surface area (Å²) in [5.74, 6) is 1.39. The summed E-state index contributed by atoms with van der Waals surface area (Å²) in [7, 11) is 0. The molecule has 1 N–H and O–H groups in total. The number of rotatable bonds is 5. The van der Waals surface area contributed by atoms with Gasteiger partial charge >= 0.3 is 0 Å². The average molecular weight is 569 g/mol. The summed E-state index contributed by atoms with van der Waals surface area (Å²) in [6.45, 7) is 4.75. The third-order valence-electron chi connectivity index (χ3n) is 3.80. The summed E-state index contributed by atoms with van der Waals surface area (Å²) in [5.41, 5.74) is 4.31. The fraction of sp³-hybridized carbons (Fsp3) is 0.200. The number of aryl methyl sites for hydroxylation is 1. The number of aromatic amines is 1. The van der Waals surface area contributed by atoms with Crippen LogP contribution < -0.4 is 4.74 Å². The quantitative estimate of drug-likeness (QED) is 0.306. The van der Waals surface area contributed by atoms with Gasteiger partial charge in [0.1, 0.15) is 17.6 Å². The number of H-pyrrole nitrogens is 1. The van der Waals surface area contributed by atoms with Crippen LogP contribution in [0.25, 0.3) is 22.7 Å². The molecule has 2 aromatic carbocycles. The number of nitrogens with one attached hydrogen (secondary N) is 1. The zero-order chi connectivity index (χ0) is 18.7. The van der Waals surface area contributed by atoms with E-state index in [1.807, 2.05) is 37.3 Å². The van der Waals surface area contributed by atoms with Crippen molar-refractivity contribution in [2.45, 2.75) is 20.3 Å². The van der Waals surface area contributed by atoms with Crippen molar-refractivity contribution in [2.24, 2.45) is 0 Å². The Labute approximate surface area is 179 Å². The summed E-state index contributed by atoms with van der Waals surface area (Å²) >= 11 is 4.55. The molecular weight excluding hydrogens is 552 g/mol. The number of nitriles is 1. The van der Waals surface area contributed by atoms with Gasteiger partial charge in [0.05, 0.1) is 26.8 Å². The second-order valence-electron chi connectivity index (χ2n) is 5.93. The van der Waals surface area contributed by atoms with Gasteiger partial charge in [0.25, 0.3) is 0 Å². The van der Waals surface area contributed by atoms with Crippen molar-refractivity contribution in [3.8, 4) is 11.8 Å². The molecule has 4 nitrogen and oxygen atoms in total. The van der Waals surface area contributed by atoms with E-state index in [0.717, 1.165) is 41.5 Å². The number of hydrogen-bond acceptors (Lipinski definition) is 3. The Balaban J connectivity index is 2.09. The molecule has 0 spiro atoms. The normalized spacial score (nSPS) is 11.6. The molecule has 3 rings (SSSR count). The fourth-order valence-electron chi connectivity index (χ4n) is 2.60. The summed E-state index contributed by atoms with van der Waals surface area (Å²) in [5, 5.41) is 9.70. The lowest BCUT2D eigenvalue weighted by Gasteiger charge is -2.11. The Morgan fingerprint density at radius 2 is 2.12 bits per heavy atom. The summed E-state index contributed by atoms with van der Waals surface area (Å²) < 4.78 is 8.06. The van der Waals surface area contributed by atoms with Crippen LogP contribution in [0.2, 0.25) is 0 Å². The van der Waals surface area contributed by atoms with Crippen LogP contribution in [-0.2, 0) is 0 Å². The van der Waals surface area contributed by atoms with Crippen molar-refractivity contribution in [3.05, 3.63) is 54.4 Å². The molecule has 26 heavy (non-hydrogen) atoms. The van der Waals surface area contributed by atoms with Crippen molar-refractivity contribution >= 4 is 67.9 Å². The number of halogens is 2. The number of allylic oxidation sites excluding steroid dienone is 1. The van der Waals surface area contributed by atoms with E-state index in [-0.39, 0.29) is 0 Å². The van der Waals surface area contributed by atoms with Crippen LogP contribution in [0.1, 0.15) is 30.3 Å². The highest BCUT2D eigenvalue weighted by atomic mass is 127. The largest absolute Gasteiger partial charge is 0.492 e. The third kappa shape index (κ3) is 4.20. The van der Waals surface area contributed by atoms with Gasteiger partial charge in [0.15, 0.2) is 0 Å². The Morgan fingerprint density at radius 1 is 1.31 bits per heavy atom. The van der Waals surface area contributed by atoms with E-state index < -0.39 is 0 Å². The predicted molar refractivity (Wildman–Crippen MR) is 122 cm³/mol. The minimum atomic E-state index is 0.484. The van der Waals surface area contributed by atoms with E-state index in [1.165, 1.54) is 0 Å². The van der Waals surface area contributed by atoms with Crippen LogP contribution in [0, 0.1) is 25.4 Å². The molecule has 132 valence electrons. The zero-order valence-electron chi connectivity index (χ0n) is 14.4. The van der Waals surface area contributed by atoms with E-state index in [2.05, 4.69) is 74.2 Å². The molecule has 0 saturated heterocycles. The molecule has 0 fully saturated rings. The average Bonchev–Trinajstić information content (AvgIpc) is 3.01. The predicted octanol–water partition coefficient (Wildman–Crippen LogP) is 5.93. The molecule has 0 aliphatic rings. The number of nitrogens with zero attached hydrogens (tertiary/aromatic N) is 2. The lowest BCUT2D eigenvalue weighted by molar-refractivity contribution is 0.314. The molecule has 1 aromatic heterocycles. The lowest BCUT2D eigenvalue weighted by Crippen LogP contribution is -2.00. The molecule has 0 aliphatic carbocycles. The fourth-order valence-corrected chi connectivity index (χ4v) is 4.65. The van der Waals surface area contributed by atoms with Crippen LogP contribution in [0.3, 0.4) is 0 Å². The first kappa shape index (κ1) is 19.2. The number of hydrogen-bond donors (Lipinski definition) is 1. The smallest absolute Gasteiger partial charge is 0.149 e. The Bertz CT molecular complexity index is 1030. The van der Waals surface area contributed by atoms with Gasteiger partial charge in [-0.2, -0.15) is 5.26 Å². The van der Waals surface area contributed by atoms with Gasteiger partial charge in [0.2, 0.25) is 0 Å². The lowest BCUT2D eigenvalue weighted by atomic mass is 10.1. The zero-order valence-corrected chi connectivity index (χ0v) is 18.8. The molecule has 0 radical (unpaired) electrons. The first-order valence-corrected chi connectivity index (χ1v) is 10.4. The third-order valence-corrected chi connectivity index (χ3v) is 5.22. The van der Waals surface area contributed by atoms with Gasteiger partial charge in [0, 0.05) is 9.13 Å². The van der Waals surface area contributed by atoms with Crippen molar-refractivity contribution in [3.63, 3.8) is 0 Å². The van der Waals surface area contributed by atoms with Gasteiger partial charge in [-0.05, 0) is 94.4 Å². The van der Waals surface area contributed by atoms with Crippen LogP contribution in [-0.4, -0.2) is 16.6 Å². The van der Waals surface area contributed by atoms with Crippen molar-refractivity contribution in [1.29, 1.82) is 5.26 Å². The van der Waals surface area contributed by atoms with Crippen LogP contribution in [0.5, 0.6) is 5.75 Å².